The predicted octanol–water partition coefficient (Wildman–Crippen LogP) is -0.244. The van der Waals surface area contributed by atoms with Crippen LogP contribution in [0.5, 0.6) is 0 Å². The number of aryl methyl sites for hydroxylation is 1. The number of carbonyl (C=O) groups is 2. The van der Waals surface area contributed by atoms with E-state index in [0.717, 1.165) is 17.2 Å². The van der Waals surface area contributed by atoms with Crippen LogP contribution < -0.4 is 10.6 Å². The number of hydrogen-bond acceptors (Lipinski definition) is 6. The Morgan fingerprint density at radius 1 is 1.48 bits per heavy atom. The molecule has 3 heterocycles. The molecule has 2 amide bonds. The highest BCUT2D eigenvalue weighted by Gasteiger charge is 2.32. The number of furan rings is 1. The van der Waals surface area contributed by atoms with E-state index < -0.39 is 6.04 Å². The Labute approximate surface area is 145 Å². The first-order valence-electron chi connectivity index (χ1n) is 8.30. The fraction of sp³-hybridized carbons (Fsp3) is 0.500. The van der Waals surface area contributed by atoms with Crippen LogP contribution in [0, 0.1) is 6.92 Å². The molecule has 3 rings (SSSR count). The van der Waals surface area contributed by atoms with E-state index in [1.54, 1.807) is 6.20 Å². The Balaban J connectivity index is 1.53. The van der Waals surface area contributed by atoms with Crippen molar-refractivity contribution >= 4 is 11.8 Å². The minimum Gasteiger partial charge on any atom is -0.465 e. The summed E-state index contributed by atoms with van der Waals surface area (Å²) in [7, 11) is 0. The second kappa shape index (κ2) is 7.93. The summed E-state index contributed by atoms with van der Waals surface area (Å²) >= 11 is 0. The number of aromatic amines is 1. The number of aromatic nitrogens is 3. The lowest BCUT2D eigenvalue weighted by Crippen LogP contribution is -2.56. The molecule has 0 radical (unpaired) electrons. The smallest absolute Gasteiger partial charge is 0.237 e. The molecule has 0 bridgehead atoms. The van der Waals surface area contributed by atoms with E-state index in [-0.39, 0.29) is 18.2 Å². The topological polar surface area (TPSA) is 116 Å². The van der Waals surface area contributed by atoms with E-state index in [0.29, 0.717) is 32.6 Å². The minimum absolute atomic E-state index is 0.115. The van der Waals surface area contributed by atoms with Gasteiger partial charge in [-0.25, -0.2) is 0 Å². The highest BCUT2D eigenvalue weighted by atomic mass is 16.3. The van der Waals surface area contributed by atoms with E-state index in [1.165, 1.54) is 0 Å². The Bertz CT molecular complexity index is 711. The van der Waals surface area contributed by atoms with Gasteiger partial charge in [-0.15, -0.1) is 0 Å². The van der Waals surface area contributed by atoms with Crippen molar-refractivity contribution in [3.63, 3.8) is 0 Å². The molecule has 2 aromatic heterocycles. The summed E-state index contributed by atoms with van der Waals surface area (Å²) in [4.78, 5) is 26.4. The number of nitrogens with zero attached hydrogens (tertiary/aromatic N) is 3. The van der Waals surface area contributed by atoms with Crippen LogP contribution in [0.25, 0.3) is 0 Å². The minimum atomic E-state index is -0.494. The number of rotatable bonds is 7. The fourth-order valence-electron chi connectivity index (χ4n) is 2.87. The Kier molecular flexibility index (Phi) is 5.44. The van der Waals surface area contributed by atoms with Crippen molar-refractivity contribution in [2.24, 2.45) is 0 Å². The summed E-state index contributed by atoms with van der Waals surface area (Å²) in [6.45, 7) is 4.10. The largest absolute Gasteiger partial charge is 0.465 e. The second-order valence-corrected chi connectivity index (χ2v) is 6.06. The van der Waals surface area contributed by atoms with Gasteiger partial charge in [-0.3, -0.25) is 14.5 Å². The van der Waals surface area contributed by atoms with Gasteiger partial charge in [-0.1, -0.05) is 0 Å². The summed E-state index contributed by atoms with van der Waals surface area (Å²) in [5.41, 5.74) is 0.783. The van der Waals surface area contributed by atoms with Crippen molar-refractivity contribution in [2.45, 2.75) is 32.4 Å². The van der Waals surface area contributed by atoms with Crippen LogP contribution in [0.2, 0.25) is 0 Å². The van der Waals surface area contributed by atoms with E-state index in [9.17, 15) is 9.59 Å². The quantitative estimate of drug-likeness (QED) is 0.637. The maximum atomic E-state index is 12.2. The molecule has 9 nitrogen and oxygen atoms in total. The molecule has 1 aliphatic rings. The van der Waals surface area contributed by atoms with Gasteiger partial charge in [-0.05, 0) is 19.1 Å². The van der Waals surface area contributed by atoms with Crippen molar-refractivity contribution in [3.05, 3.63) is 35.5 Å². The highest BCUT2D eigenvalue weighted by molar-refractivity contribution is 5.88. The molecule has 0 spiro atoms. The SMILES string of the molecule is Cc1ccc(CN2CCNC(=O)[C@H]2CC(=O)NCCc2cn[nH]n2)o1. The van der Waals surface area contributed by atoms with Crippen molar-refractivity contribution in [1.29, 1.82) is 0 Å². The molecule has 1 fully saturated rings. The van der Waals surface area contributed by atoms with Crippen molar-refractivity contribution in [2.75, 3.05) is 19.6 Å². The van der Waals surface area contributed by atoms with E-state index >= 15 is 0 Å². The standard InChI is InChI=1S/C16H22N6O3/c1-11-2-3-13(25-11)10-22-7-6-18-16(24)14(22)8-15(23)17-5-4-12-9-19-21-20-12/h2-3,9,14H,4-8,10H2,1H3,(H,17,23)(H,18,24)(H,19,20,21)/t14-/m1/s1. The molecule has 134 valence electrons. The number of amides is 2. The normalized spacial score (nSPS) is 18.1. The van der Waals surface area contributed by atoms with Gasteiger partial charge < -0.3 is 15.1 Å². The van der Waals surface area contributed by atoms with Gasteiger partial charge in [0.15, 0.2) is 0 Å². The highest BCUT2D eigenvalue weighted by Crippen LogP contribution is 2.15. The zero-order chi connectivity index (χ0) is 17.6. The molecule has 1 atom stereocenters. The maximum absolute atomic E-state index is 12.2. The molecule has 2 aromatic rings. The van der Waals surface area contributed by atoms with Crippen LogP contribution in [0.4, 0.5) is 0 Å². The van der Waals surface area contributed by atoms with Gasteiger partial charge in [0.05, 0.1) is 30.9 Å². The van der Waals surface area contributed by atoms with E-state index in [4.69, 9.17) is 4.42 Å². The summed E-state index contributed by atoms with van der Waals surface area (Å²) in [5.74, 6) is 1.34. The lowest BCUT2D eigenvalue weighted by molar-refractivity contribution is -0.134. The number of piperazine rings is 1. The zero-order valence-corrected chi connectivity index (χ0v) is 14.1. The maximum Gasteiger partial charge on any atom is 0.237 e. The monoisotopic (exact) mass is 346 g/mol. The number of H-pyrrole nitrogens is 1. The molecule has 1 saturated heterocycles. The zero-order valence-electron chi connectivity index (χ0n) is 14.1. The molecule has 25 heavy (non-hydrogen) atoms. The Morgan fingerprint density at radius 2 is 2.36 bits per heavy atom. The van der Waals surface area contributed by atoms with Crippen molar-refractivity contribution in [3.8, 4) is 0 Å². The van der Waals surface area contributed by atoms with Crippen LogP contribution in [-0.2, 0) is 22.6 Å². The molecule has 0 aromatic carbocycles. The lowest BCUT2D eigenvalue weighted by Gasteiger charge is -2.34. The van der Waals surface area contributed by atoms with Gasteiger partial charge in [0.2, 0.25) is 11.8 Å². The summed E-state index contributed by atoms with van der Waals surface area (Å²) in [6.07, 6.45) is 2.33. The third kappa shape index (κ3) is 4.66. The first-order chi connectivity index (χ1) is 12.1. The summed E-state index contributed by atoms with van der Waals surface area (Å²) in [6, 6.07) is 3.30. The van der Waals surface area contributed by atoms with Gasteiger partial charge in [-0.2, -0.15) is 15.4 Å². The molecule has 0 unspecified atom stereocenters. The third-order valence-electron chi connectivity index (χ3n) is 4.14. The Morgan fingerprint density at radius 3 is 3.08 bits per heavy atom. The number of carbonyl (C=O) groups excluding carboxylic acids is 2. The van der Waals surface area contributed by atoms with Crippen LogP contribution >= 0.6 is 0 Å². The van der Waals surface area contributed by atoms with E-state index in [1.807, 2.05) is 24.0 Å². The van der Waals surface area contributed by atoms with Crippen LogP contribution in [0.3, 0.4) is 0 Å². The number of nitrogens with one attached hydrogen (secondary N) is 3. The number of hydrogen-bond donors (Lipinski definition) is 3. The summed E-state index contributed by atoms with van der Waals surface area (Å²) < 4.78 is 5.59. The van der Waals surface area contributed by atoms with Gasteiger partial charge >= 0.3 is 0 Å². The predicted molar refractivity (Wildman–Crippen MR) is 88.4 cm³/mol. The average molecular weight is 346 g/mol. The van der Waals surface area contributed by atoms with Crippen LogP contribution in [0.15, 0.2) is 22.7 Å². The van der Waals surface area contributed by atoms with Crippen molar-refractivity contribution in [1.82, 2.24) is 30.9 Å². The third-order valence-corrected chi connectivity index (χ3v) is 4.14. The van der Waals surface area contributed by atoms with E-state index in [2.05, 4.69) is 26.0 Å². The molecular formula is C16H22N6O3. The Hall–Kier alpha value is -2.68. The van der Waals surface area contributed by atoms with Crippen LogP contribution in [-0.4, -0.2) is 57.8 Å². The molecule has 1 aliphatic heterocycles. The van der Waals surface area contributed by atoms with Gasteiger partial charge in [0, 0.05) is 26.1 Å². The first-order valence-corrected chi connectivity index (χ1v) is 8.30. The van der Waals surface area contributed by atoms with Crippen LogP contribution in [0.1, 0.15) is 23.6 Å². The molecule has 3 N–H and O–H groups in total. The molecule has 9 heteroatoms. The van der Waals surface area contributed by atoms with Crippen molar-refractivity contribution < 1.29 is 14.0 Å². The molecule has 0 saturated carbocycles. The molecular weight excluding hydrogens is 324 g/mol. The van der Waals surface area contributed by atoms with Gasteiger partial charge in [0.25, 0.3) is 0 Å². The average Bonchev–Trinajstić information content (AvgIpc) is 3.23. The lowest BCUT2D eigenvalue weighted by atomic mass is 10.1. The first kappa shape index (κ1) is 17.2. The molecule has 0 aliphatic carbocycles. The second-order valence-electron chi connectivity index (χ2n) is 6.06. The fourth-order valence-corrected chi connectivity index (χ4v) is 2.87. The summed E-state index contributed by atoms with van der Waals surface area (Å²) in [5, 5.41) is 15.8. The van der Waals surface area contributed by atoms with Gasteiger partial charge in [0.1, 0.15) is 11.5 Å².